The van der Waals surface area contributed by atoms with Gasteiger partial charge in [-0.25, -0.2) is 0 Å². The first kappa shape index (κ1) is 18.7. The number of rotatable bonds is 5. The highest BCUT2D eigenvalue weighted by molar-refractivity contribution is 5.85. The van der Waals surface area contributed by atoms with Gasteiger partial charge in [0.05, 0.1) is 0 Å². The zero-order chi connectivity index (χ0) is 14.6. The number of carbonyl (C=O) groups excluding carboxylic acids is 1. The minimum absolute atomic E-state index is 0. The van der Waals surface area contributed by atoms with Crippen molar-refractivity contribution in [2.45, 2.75) is 69.4 Å². The molecule has 2 atom stereocenters. The van der Waals surface area contributed by atoms with Crippen molar-refractivity contribution in [2.75, 3.05) is 20.6 Å². The third-order valence-electron chi connectivity index (χ3n) is 5.51. The van der Waals surface area contributed by atoms with Gasteiger partial charge in [-0.2, -0.15) is 0 Å². The maximum atomic E-state index is 12.2. The fourth-order valence-electron chi connectivity index (χ4n) is 3.88. The van der Waals surface area contributed by atoms with Crippen molar-refractivity contribution >= 4 is 18.3 Å². The molecule has 2 aliphatic carbocycles. The number of nitrogens with zero attached hydrogens (tertiary/aromatic N) is 1. The van der Waals surface area contributed by atoms with Crippen molar-refractivity contribution in [3.05, 3.63) is 0 Å². The fourth-order valence-corrected chi connectivity index (χ4v) is 3.88. The maximum Gasteiger partial charge on any atom is 0.220 e. The molecule has 0 spiro atoms. The third kappa shape index (κ3) is 4.83. The van der Waals surface area contributed by atoms with E-state index in [2.05, 4.69) is 24.3 Å². The average molecular weight is 318 g/mol. The van der Waals surface area contributed by atoms with Crippen LogP contribution in [0, 0.1) is 5.92 Å². The minimum Gasteiger partial charge on any atom is -0.354 e. The molecule has 2 saturated carbocycles. The molecule has 4 nitrogen and oxygen atoms in total. The Kier molecular flexibility index (Phi) is 7.45. The Bertz CT molecular complexity index is 329. The first-order chi connectivity index (χ1) is 9.53. The van der Waals surface area contributed by atoms with Gasteiger partial charge < -0.3 is 16.0 Å². The van der Waals surface area contributed by atoms with E-state index in [4.69, 9.17) is 5.73 Å². The molecule has 0 saturated heterocycles. The second-order valence-electron chi connectivity index (χ2n) is 7.02. The molecular formula is C16H32ClN3O. The third-order valence-corrected chi connectivity index (χ3v) is 5.51. The molecular weight excluding hydrogens is 286 g/mol. The van der Waals surface area contributed by atoms with Crippen molar-refractivity contribution in [3.63, 3.8) is 0 Å². The van der Waals surface area contributed by atoms with Crippen LogP contribution in [0.5, 0.6) is 0 Å². The molecule has 0 aromatic heterocycles. The number of amides is 1. The predicted octanol–water partition coefficient (Wildman–Crippen LogP) is 2.31. The van der Waals surface area contributed by atoms with Crippen LogP contribution in [-0.2, 0) is 4.79 Å². The van der Waals surface area contributed by atoms with Crippen LogP contribution in [-0.4, -0.2) is 43.0 Å². The monoisotopic (exact) mass is 317 g/mol. The molecule has 3 N–H and O–H groups in total. The SMILES string of the molecule is CN(C)C1(CNC(=O)C[C@@H]2CCC[C@H]2N)CCCCC1.Cl. The summed E-state index contributed by atoms with van der Waals surface area (Å²) in [5, 5.41) is 3.19. The lowest BCUT2D eigenvalue weighted by Gasteiger charge is -2.43. The Morgan fingerprint density at radius 3 is 2.38 bits per heavy atom. The van der Waals surface area contributed by atoms with E-state index in [0.717, 1.165) is 19.4 Å². The van der Waals surface area contributed by atoms with Crippen LogP contribution in [0.3, 0.4) is 0 Å². The average Bonchev–Trinajstić information content (AvgIpc) is 2.83. The van der Waals surface area contributed by atoms with Crippen LogP contribution in [0.2, 0.25) is 0 Å². The van der Waals surface area contributed by atoms with Crippen molar-refractivity contribution in [2.24, 2.45) is 11.7 Å². The summed E-state index contributed by atoms with van der Waals surface area (Å²) in [6, 6.07) is 0.234. The van der Waals surface area contributed by atoms with Gasteiger partial charge in [0.2, 0.25) is 5.91 Å². The second-order valence-corrected chi connectivity index (χ2v) is 7.02. The zero-order valence-electron chi connectivity index (χ0n) is 13.6. The molecule has 0 heterocycles. The number of nitrogens with one attached hydrogen (secondary N) is 1. The van der Waals surface area contributed by atoms with Gasteiger partial charge in [-0.05, 0) is 45.7 Å². The lowest BCUT2D eigenvalue weighted by Crippen LogP contribution is -2.54. The van der Waals surface area contributed by atoms with Gasteiger partial charge in [-0.3, -0.25) is 4.79 Å². The minimum atomic E-state index is 0. The summed E-state index contributed by atoms with van der Waals surface area (Å²) in [6.07, 6.45) is 10.3. The Labute approximate surface area is 135 Å². The molecule has 2 rings (SSSR count). The normalized spacial score (nSPS) is 28.2. The highest BCUT2D eigenvalue weighted by atomic mass is 35.5. The Hall–Kier alpha value is -0.320. The summed E-state index contributed by atoms with van der Waals surface area (Å²) < 4.78 is 0. The molecule has 0 aromatic carbocycles. The van der Waals surface area contributed by atoms with Crippen LogP contribution in [0.1, 0.15) is 57.8 Å². The van der Waals surface area contributed by atoms with Crippen molar-refractivity contribution in [3.8, 4) is 0 Å². The van der Waals surface area contributed by atoms with E-state index in [1.807, 2.05) is 0 Å². The summed E-state index contributed by atoms with van der Waals surface area (Å²) in [5.74, 6) is 0.593. The summed E-state index contributed by atoms with van der Waals surface area (Å²) in [6.45, 7) is 0.792. The van der Waals surface area contributed by atoms with E-state index in [9.17, 15) is 4.79 Å². The molecule has 0 aliphatic heterocycles. The second kappa shape index (κ2) is 8.35. The number of hydrogen-bond donors (Lipinski definition) is 2. The molecule has 2 fully saturated rings. The molecule has 0 radical (unpaired) electrons. The van der Waals surface area contributed by atoms with Gasteiger partial charge in [0.15, 0.2) is 0 Å². The summed E-state index contributed by atoms with van der Waals surface area (Å²) >= 11 is 0. The van der Waals surface area contributed by atoms with Crippen molar-refractivity contribution < 1.29 is 4.79 Å². The van der Waals surface area contributed by atoms with Crippen LogP contribution in [0.4, 0.5) is 0 Å². The summed E-state index contributed by atoms with van der Waals surface area (Å²) in [4.78, 5) is 14.5. The van der Waals surface area contributed by atoms with Crippen molar-refractivity contribution in [1.29, 1.82) is 0 Å². The highest BCUT2D eigenvalue weighted by Gasteiger charge is 2.35. The quantitative estimate of drug-likeness (QED) is 0.818. The van der Waals surface area contributed by atoms with Gasteiger partial charge in [0.1, 0.15) is 0 Å². The molecule has 1 amide bonds. The van der Waals surface area contributed by atoms with Crippen molar-refractivity contribution in [1.82, 2.24) is 10.2 Å². The van der Waals surface area contributed by atoms with Crippen LogP contribution >= 0.6 is 12.4 Å². The molecule has 124 valence electrons. The molecule has 0 bridgehead atoms. The number of nitrogens with two attached hydrogens (primary N) is 1. The highest BCUT2D eigenvalue weighted by Crippen LogP contribution is 2.32. The first-order valence-electron chi connectivity index (χ1n) is 8.23. The predicted molar refractivity (Wildman–Crippen MR) is 89.7 cm³/mol. The van der Waals surface area contributed by atoms with Crippen LogP contribution in [0.25, 0.3) is 0 Å². The first-order valence-corrected chi connectivity index (χ1v) is 8.23. The van der Waals surface area contributed by atoms with Gasteiger partial charge in [0, 0.05) is 24.5 Å². The standard InChI is InChI=1S/C16H31N3O.ClH/c1-19(2)16(9-4-3-5-10-16)12-18-15(20)11-13-7-6-8-14(13)17;/h13-14H,3-12,17H2,1-2H3,(H,18,20);1H/t13-,14+;/m0./s1. The molecule has 21 heavy (non-hydrogen) atoms. The van der Waals surface area contributed by atoms with Crippen LogP contribution < -0.4 is 11.1 Å². The topological polar surface area (TPSA) is 58.4 Å². The lowest BCUT2D eigenvalue weighted by atomic mass is 9.80. The van der Waals surface area contributed by atoms with E-state index < -0.39 is 0 Å². The molecule has 2 aliphatic rings. The Morgan fingerprint density at radius 2 is 1.86 bits per heavy atom. The van der Waals surface area contributed by atoms with E-state index >= 15 is 0 Å². The van der Waals surface area contributed by atoms with Crippen LogP contribution in [0.15, 0.2) is 0 Å². The summed E-state index contributed by atoms with van der Waals surface area (Å²) in [7, 11) is 4.29. The van der Waals surface area contributed by atoms with E-state index in [0.29, 0.717) is 12.3 Å². The molecule has 0 aromatic rings. The number of halogens is 1. The number of hydrogen-bond acceptors (Lipinski definition) is 3. The van der Waals surface area contributed by atoms with E-state index in [1.165, 1.54) is 38.5 Å². The fraction of sp³-hybridized carbons (Fsp3) is 0.938. The maximum absolute atomic E-state index is 12.2. The Balaban J connectivity index is 0.00000220. The smallest absolute Gasteiger partial charge is 0.220 e. The molecule has 0 unspecified atom stereocenters. The van der Waals surface area contributed by atoms with Gasteiger partial charge >= 0.3 is 0 Å². The number of carbonyl (C=O) groups is 1. The van der Waals surface area contributed by atoms with E-state index in [1.54, 1.807) is 0 Å². The van der Waals surface area contributed by atoms with E-state index in [-0.39, 0.29) is 29.9 Å². The zero-order valence-corrected chi connectivity index (χ0v) is 14.4. The van der Waals surface area contributed by atoms with Gasteiger partial charge in [0.25, 0.3) is 0 Å². The largest absolute Gasteiger partial charge is 0.354 e. The van der Waals surface area contributed by atoms with Gasteiger partial charge in [-0.1, -0.05) is 25.7 Å². The summed E-state index contributed by atoms with van der Waals surface area (Å²) in [5.41, 5.74) is 6.22. The lowest BCUT2D eigenvalue weighted by molar-refractivity contribution is -0.122. The van der Waals surface area contributed by atoms with Gasteiger partial charge in [-0.15, -0.1) is 12.4 Å². The molecule has 5 heteroatoms. The number of likely N-dealkylation sites (N-methyl/N-ethyl adjacent to an activating group) is 1. The Morgan fingerprint density at radius 1 is 1.19 bits per heavy atom.